The quantitative estimate of drug-likeness (QED) is 0.783. The van der Waals surface area contributed by atoms with Crippen LogP contribution in [0, 0.1) is 0 Å². The lowest BCUT2D eigenvalue weighted by molar-refractivity contribution is 0.642. The molecule has 0 spiro atoms. The monoisotopic (exact) mass is 333 g/mol. The maximum atomic E-state index is 5.71. The van der Waals surface area contributed by atoms with E-state index in [1.54, 1.807) is 0 Å². The molecule has 4 nitrogen and oxygen atoms in total. The molecular formula is C18H28N3OP. The fraction of sp³-hybridized carbons (Fsp3) is 0.667. The largest absolute Gasteiger partial charge is 0.478 e. The average Bonchev–Trinajstić information content (AvgIpc) is 3.36. The second-order valence-electron chi connectivity index (χ2n) is 6.98. The molecular weight excluding hydrogens is 305 g/mol. The molecule has 0 amide bonds. The van der Waals surface area contributed by atoms with Crippen LogP contribution in [0.1, 0.15) is 38.5 Å². The first-order chi connectivity index (χ1) is 11.4. The highest BCUT2D eigenvalue weighted by molar-refractivity contribution is 7.10. The molecule has 0 aromatic heterocycles. The van der Waals surface area contributed by atoms with Crippen molar-refractivity contribution in [1.29, 1.82) is 0 Å². The summed E-state index contributed by atoms with van der Waals surface area (Å²) in [5.74, 6) is 1.02. The minimum absolute atomic E-state index is 1.02. The van der Waals surface area contributed by atoms with Gasteiger partial charge in [-0.25, -0.2) is 0 Å². The minimum atomic E-state index is 1.02. The average molecular weight is 333 g/mol. The van der Waals surface area contributed by atoms with Crippen molar-refractivity contribution in [3.05, 3.63) is 12.1 Å². The number of anilines is 3. The fourth-order valence-corrected chi connectivity index (χ4v) is 4.55. The second-order valence-corrected chi connectivity index (χ2v) is 7.22. The number of hydrogen-bond donors (Lipinski definition) is 0. The topological polar surface area (TPSA) is 19.0 Å². The van der Waals surface area contributed by atoms with Gasteiger partial charge in [0.1, 0.15) is 11.4 Å². The van der Waals surface area contributed by atoms with E-state index in [1.807, 2.05) is 0 Å². The molecule has 3 saturated heterocycles. The Morgan fingerprint density at radius 3 is 1.65 bits per heavy atom. The Labute approximate surface area is 142 Å². The van der Waals surface area contributed by atoms with Crippen LogP contribution in [0.2, 0.25) is 0 Å². The third-order valence-corrected chi connectivity index (χ3v) is 5.77. The van der Waals surface area contributed by atoms with Crippen LogP contribution in [-0.4, -0.2) is 39.3 Å². The van der Waals surface area contributed by atoms with Crippen molar-refractivity contribution >= 4 is 26.5 Å². The molecule has 3 fully saturated rings. The van der Waals surface area contributed by atoms with Crippen LogP contribution in [0.5, 0.6) is 5.75 Å². The smallest absolute Gasteiger partial charge is 0.148 e. The lowest BCUT2D eigenvalue weighted by Crippen LogP contribution is -2.28. The summed E-state index contributed by atoms with van der Waals surface area (Å²) in [4.78, 5) is 7.74. The molecule has 5 heteroatoms. The number of benzene rings is 1. The molecule has 126 valence electrons. The summed E-state index contributed by atoms with van der Waals surface area (Å²) >= 11 is 0. The second kappa shape index (κ2) is 6.76. The normalized spacial score (nSPS) is 21.5. The minimum Gasteiger partial charge on any atom is -0.478 e. The van der Waals surface area contributed by atoms with Crippen molar-refractivity contribution in [3.63, 3.8) is 0 Å². The summed E-state index contributed by atoms with van der Waals surface area (Å²) in [6.45, 7) is 7.07. The van der Waals surface area contributed by atoms with Crippen LogP contribution in [0.15, 0.2) is 12.1 Å². The van der Waals surface area contributed by atoms with Gasteiger partial charge >= 0.3 is 0 Å². The zero-order valence-electron chi connectivity index (χ0n) is 14.0. The van der Waals surface area contributed by atoms with Crippen molar-refractivity contribution < 1.29 is 4.52 Å². The van der Waals surface area contributed by atoms with Crippen molar-refractivity contribution in [2.45, 2.75) is 38.5 Å². The van der Waals surface area contributed by atoms with Gasteiger partial charge < -0.3 is 19.2 Å². The van der Waals surface area contributed by atoms with E-state index in [0.717, 1.165) is 18.8 Å². The predicted molar refractivity (Wildman–Crippen MR) is 101 cm³/mol. The van der Waals surface area contributed by atoms with Crippen molar-refractivity contribution in [3.8, 4) is 5.75 Å². The van der Waals surface area contributed by atoms with E-state index in [4.69, 9.17) is 4.52 Å². The highest BCUT2D eigenvalue weighted by Gasteiger charge is 2.29. The van der Waals surface area contributed by atoms with Gasteiger partial charge in [0.2, 0.25) is 0 Å². The maximum absolute atomic E-state index is 5.71. The summed E-state index contributed by atoms with van der Waals surface area (Å²) in [7, 11) is 2.45. The highest BCUT2D eigenvalue weighted by atomic mass is 31.0. The van der Waals surface area contributed by atoms with E-state index < -0.39 is 0 Å². The Morgan fingerprint density at radius 1 is 0.652 bits per heavy atom. The molecule has 1 aromatic carbocycles. The molecule has 0 bridgehead atoms. The summed E-state index contributed by atoms with van der Waals surface area (Å²) in [5, 5.41) is 0. The first kappa shape index (κ1) is 15.4. The van der Waals surface area contributed by atoms with Gasteiger partial charge in [-0.2, -0.15) is 0 Å². The van der Waals surface area contributed by atoms with Gasteiger partial charge in [0.15, 0.2) is 0 Å². The zero-order chi connectivity index (χ0) is 15.6. The van der Waals surface area contributed by atoms with Crippen molar-refractivity contribution in [2.24, 2.45) is 0 Å². The van der Waals surface area contributed by atoms with E-state index >= 15 is 0 Å². The third kappa shape index (κ3) is 2.87. The zero-order valence-corrected chi connectivity index (χ0v) is 15.1. The molecule has 0 saturated carbocycles. The SMILES string of the molecule is POc1ccc(N2CCCC2)c(N2CCCC2)c1N1CCCC1. The first-order valence-electron chi connectivity index (χ1n) is 9.17. The molecule has 1 atom stereocenters. The summed E-state index contributed by atoms with van der Waals surface area (Å²) < 4.78 is 5.71. The van der Waals surface area contributed by atoms with Gasteiger partial charge in [-0.15, -0.1) is 0 Å². The number of nitrogens with zero attached hydrogens (tertiary/aromatic N) is 3. The van der Waals surface area contributed by atoms with E-state index in [2.05, 4.69) is 36.3 Å². The van der Waals surface area contributed by atoms with Crippen LogP contribution in [0.4, 0.5) is 17.1 Å². The lowest BCUT2D eigenvalue weighted by atomic mass is 10.1. The molecule has 1 unspecified atom stereocenters. The van der Waals surface area contributed by atoms with Gasteiger partial charge in [-0.3, -0.25) is 0 Å². The highest BCUT2D eigenvalue weighted by Crippen LogP contribution is 2.48. The predicted octanol–water partition coefficient (Wildman–Crippen LogP) is 3.66. The fourth-order valence-electron chi connectivity index (χ4n) is 4.36. The Morgan fingerprint density at radius 2 is 1.13 bits per heavy atom. The molecule has 3 aliphatic heterocycles. The Balaban J connectivity index is 1.83. The van der Waals surface area contributed by atoms with E-state index in [9.17, 15) is 0 Å². The summed E-state index contributed by atoms with van der Waals surface area (Å²) in [6, 6.07) is 4.46. The molecule has 4 rings (SSSR count). The maximum Gasteiger partial charge on any atom is 0.148 e. The van der Waals surface area contributed by atoms with Crippen LogP contribution in [0.3, 0.4) is 0 Å². The Kier molecular flexibility index (Phi) is 4.52. The van der Waals surface area contributed by atoms with Crippen LogP contribution >= 0.6 is 9.47 Å². The molecule has 23 heavy (non-hydrogen) atoms. The van der Waals surface area contributed by atoms with Crippen LogP contribution < -0.4 is 19.2 Å². The number of hydrogen-bond acceptors (Lipinski definition) is 4. The number of rotatable bonds is 4. The molecule has 3 heterocycles. The van der Waals surface area contributed by atoms with E-state index in [-0.39, 0.29) is 0 Å². The Hall–Kier alpha value is -1.15. The van der Waals surface area contributed by atoms with Gasteiger partial charge in [0.05, 0.1) is 20.8 Å². The molecule has 3 aliphatic rings. The van der Waals surface area contributed by atoms with Gasteiger partial charge in [0.25, 0.3) is 0 Å². The molecule has 1 aromatic rings. The third-order valence-electron chi connectivity index (χ3n) is 5.51. The standard InChI is InChI=1S/C18H28N3OP/c23-22-16-8-7-15(19-9-1-2-10-19)17(20-11-3-4-12-20)18(16)21-13-5-6-14-21/h7-8H,1-6,9-14,23H2. The summed E-state index contributed by atoms with van der Waals surface area (Å²) in [6.07, 6.45) is 7.85. The lowest BCUT2D eigenvalue weighted by Gasteiger charge is -2.33. The van der Waals surface area contributed by atoms with Gasteiger partial charge in [-0.1, -0.05) is 0 Å². The Bertz CT molecular complexity index is 547. The summed E-state index contributed by atoms with van der Waals surface area (Å²) in [5.41, 5.74) is 4.20. The van der Waals surface area contributed by atoms with E-state index in [1.165, 1.54) is 81.8 Å². The van der Waals surface area contributed by atoms with Crippen LogP contribution in [0.25, 0.3) is 0 Å². The van der Waals surface area contributed by atoms with Gasteiger partial charge in [-0.05, 0) is 50.7 Å². The van der Waals surface area contributed by atoms with Crippen LogP contribution in [-0.2, 0) is 0 Å². The van der Waals surface area contributed by atoms with E-state index in [0.29, 0.717) is 0 Å². The van der Waals surface area contributed by atoms with Gasteiger partial charge in [0, 0.05) is 39.3 Å². The first-order valence-corrected chi connectivity index (χ1v) is 9.64. The molecule has 0 radical (unpaired) electrons. The molecule has 0 aliphatic carbocycles. The van der Waals surface area contributed by atoms with Crippen molar-refractivity contribution in [2.75, 3.05) is 54.0 Å². The molecule has 0 N–H and O–H groups in total. The van der Waals surface area contributed by atoms with Crippen molar-refractivity contribution in [1.82, 2.24) is 0 Å².